The van der Waals surface area contributed by atoms with E-state index in [4.69, 9.17) is 9.47 Å². The normalized spacial score (nSPS) is 11.5. The first-order valence-corrected chi connectivity index (χ1v) is 7.64. The van der Waals surface area contributed by atoms with Crippen LogP contribution >= 0.6 is 0 Å². The Bertz CT molecular complexity index is 735. The average Bonchev–Trinajstić information content (AvgIpc) is 2.53. The zero-order valence-corrected chi connectivity index (χ0v) is 14.3. The van der Waals surface area contributed by atoms with Crippen LogP contribution in [0.1, 0.15) is 28.4 Å². The van der Waals surface area contributed by atoms with Gasteiger partial charge >= 0.3 is 5.97 Å². The molecule has 2 aromatic carbocycles. The molecule has 0 aliphatic rings. The molecule has 0 aliphatic carbocycles. The van der Waals surface area contributed by atoms with Crippen molar-refractivity contribution in [2.45, 2.75) is 26.9 Å². The molecule has 0 bridgehead atoms. The van der Waals surface area contributed by atoms with E-state index in [2.05, 4.69) is 5.32 Å². The third-order valence-electron chi connectivity index (χ3n) is 3.47. The second-order valence-electron chi connectivity index (χ2n) is 5.61. The average molecular weight is 327 g/mol. The first kappa shape index (κ1) is 17.5. The van der Waals surface area contributed by atoms with Crippen molar-refractivity contribution in [2.75, 3.05) is 12.4 Å². The van der Waals surface area contributed by atoms with Crippen LogP contribution in [0.2, 0.25) is 0 Å². The number of esters is 1. The number of hydrogen-bond acceptors (Lipinski definition) is 4. The summed E-state index contributed by atoms with van der Waals surface area (Å²) in [5.74, 6) is -0.212. The molecule has 2 rings (SSSR count). The zero-order chi connectivity index (χ0) is 17.7. The highest BCUT2D eigenvalue weighted by Crippen LogP contribution is 2.19. The first-order chi connectivity index (χ1) is 11.4. The topological polar surface area (TPSA) is 64.6 Å². The van der Waals surface area contributed by atoms with Crippen molar-refractivity contribution >= 4 is 17.6 Å². The Kier molecular flexibility index (Phi) is 5.58. The van der Waals surface area contributed by atoms with Gasteiger partial charge in [0.1, 0.15) is 5.75 Å². The van der Waals surface area contributed by atoms with Crippen molar-refractivity contribution in [3.63, 3.8) is 0 Å². The quantitative estimate of drug-likeness (QED) is 0.854. The minimum atomic E-state index is -0.711. The largest absolute Gasteiger partial charge is 0.481 e. The number of para-hydroxylation sites is 1. The van der Waals surface area contributed by atoms with Gasteiger partial charge in [0, 0.05) is 0 Å². The maximum absolute atomic E-state index is 12.4. The molecule has 0 heterocycles. The first-order valence-electron chi connectivity index (χ1n) is 7.64. The monoisotopic (exact) mass is 327 g/mol. The minimum Gasteiger partial charge on any atom is -0.481 e. The molecule has 24 heavy (non-hydrogen) atoms. The number of aryl methyl sites for hydroxylation is 2. The van der Waals surface area contributed by atoms with E-state index in [-0.39, 0.29) is 5.91 Å². The summed E-state index contributed by atoms with van der Waals surface area (Å²) in [4.78, 5) is 24.1. The molecule has 0 saturated heterocycles. The second-order valence-corrected chi connectivity index (χ2v) is 5.61. The van der Waals surface area contributed by atoms with Crippen LogP contribution in [-0.4, -0.2) is 25.1 Å². The summed E-state index contributed by atoms with van der Waals surface area (Å²) in [6, 6.07) is 12.5. The number of rotatable bonds is 5. The Morgan fingerprint density at radius 1 is 1.04 bits per heavy atom. The van der Waals surface area contributed by atoms with Crippen molar-refractivity contribution in [1.82, 2.24) is 0 Å². The summed E-state index contributed by atoms with van der Waals surface area (Å²) in [7, 11) is 1.30. The van der Waals surface area contributed by atoms with Crippen molar-refractivity contribution < 1.29 is 19.1 Å². The van der Waals surface area contributed by atoms with Crippen molar-refractivity contribution in [3.05, 3.63) is 59.2 Å². The van der Waals surface area contributed by atoms with E-state index >= 15 is 0 Å². The molecule has 1 amide bonds. The van der Waals surface area contributed by atoms with Gasteiger partial charge in [0.05, 0.1) is 18.4 Å². The Morgan fingerprint density at radius 2 is 1.67 bits per heavy atom. The molecule has 0 saturated carbocycles. The summed E-state index contributed by atoms with van der Waals surface area (Å²) in [5, 5.41) is 2.71. The maximum atomic E-state index is 12.4. The summed E-state index contributed by atoms with van der Waals surface area (Å²) in [5.41, 5.74) is 2.82. The number of carbonyl (C=O) groups is 2. The molecule has 0 aliphatic heterocycles. The summed E-state index contributed by atoms with van der Waals surface area (Å²) < 4.78 is 10.4. The van der Waals surface area contributed by atoms with Crippen LogP contribution in [0.25, 0.3) is 0 Å². The Labute approximate surface area is 141 Å². The number of carbonyl (C=O) groups excluding carboxylic acids is 2. The van der Waals surface area contributed by atoms with E-state index in [0.717, 1.165) is 11.1 Å². The van der Waals surface area contributed by atoms with Gasteiger partial charge in [-0.2, -0.15) is 0 Å². The van der Waals surface area contributed by atoms with Crippen molar-refractivity contribution in [2.24, 2.45) is 0 Å². The highest BCUT2D eigenvalue weighted by molar-refractivity contribution is 6.02. The standard InChI is InChI=1S/C19H21NO4/c1-12-9-13(2)11-15(10-12)24-14(3)18(21)20-17-8-6-5-7-16(17)19(22)23-4/h5-11,14H,1-4H3,(H,20,21)/t14-/m1/s1. The fourth-order valence-electron chi connectivity index (χ4n) is 2.37. The van der Waals surface area contributed by atoms with Crippen molar-refractivity contribution in [3.8, 4) is 5.75 Å². The molecular weight excluding hydrogens is 306 g/mol. The third-order valence-corrected chi connectivity index (χ3v) is 3.47. The van der Waals surface area contributed by atoms with Crippen LogP contribution in [0.15, 0.2) is 42.5 Å². The lowest BCUT2D eigenvalue weighted by atomic mass is 10.1. The molecule has 0 unspecified atom stereocenters. The lowest BCUT2D eigenvalue weighted by Gasteiger charge is -2.16. The number of ether oxygens (including phenoxy) is 2. The van der Waals surface area contributed by atoms with Crippen molar-refractivity contribution in [1.29, 1.82) is 0 Å². The van der Waals surface area contributed by atoms with Gasteiger partial charge in [0.25, 0.3) is 5.91 Å². The number of methoxy groups -OCH3 is 1. The zero-order valence-electron chi connectivity index (χ0n) is 14.3. The highest BCUT2D eigenvalue weighted by atomic mass is 16.5. The minimum absolute atomic E-state index is 0.298. The lowest BCUT2D eigenvalue weighted by molar-refractivity contribution is -0.122. The predicted octanol–water partition coefficient (Wildman–Crippen LogP) is 3.50. The molecule has 0 radical (unpaired) electrons. The van der Waals surface area contributed by atoms with E-state index in [1.165, 1.54) is 7.11 Å². The molecule has 1 atom stereocenters. The third kappa shape index (κ3) is 4.35. The molecular formula is C19H21NO4. The Morgan fingerprint density at radius 3 is 2.29 bits per heavy atom. The van der Waals surface area contributed by atoms with Crippen LogP contribution < -0.4 is 10.1 Å². The summed E-state index contributed by atoms with van der Waals surface area (Å²) in [6.45, 7) is 5.60. The van der Waals surface area contributed by atoms with Gasteiger partial charge in [-0.25, -0.2) is 4.79 Å². The van der Waals surface area contributed by atoms with Gasteiger partial charge < -0.3 is 14.8 Å². The number of anilines is 1. The van der Waals surface area contributed by atoms with E-state index < -0.39 is 12.1 Å². The predicted molar refractivity (Wildman–Crippen MR) is 92.4 cm³/mol. The molecule has 0 fully saturated rings. The van der Waals surface area contributed by atoms with Gasteiger partial charge in [-0.05, 0) is 56.2 Å². The van der Waals surface area contributed by atoms with E-state index in [9.17, 15) is 9.59 Å². The number of benzene rings is 2. The van der Waals surface area contributed by atoms with E-state index in [0.29, 0.717) is 17.0 Å². The molecule has 5 nitrogen and oxygen atoms in total. The van der Waals surface area contributed by atoms with Gasteiger partial charge in [0.15, 0.2) is 6.10 Å². The lowest BCUT2D eigenvalue weighted by Crippen LogP contribution is -2.30. The van der Waals surface area contributed by atoms with Crippen LogP contribution in [-0.2, 0) is 9.53 Å². The molecule has 1 N–H and O–H groups in total. The SMILES string of the molecule is COC(=O)c1ccccc1NC(=O)[C@@H](C)Oc1cc(C)cc(C)c1. The highest BCUT2D eigenvalue weighted by Gasteiger charge is 2.18. The smallest absolute Gasteiger partial charge is 0.339 e. The Balaban J connectivity index is 2.11. The molecule has 2 aromatic rings. The molecule has 0 aromatic heterocycles. The van der Waals surface area contributed by atoms with Gasteiger partial charge in [-0.1, -0.05) is 18.2 Å². The fraction of sp³-hybridized carbons (Fsp3) is 0.263. The Hall–Kier alpha value is -2.82. The maximum Gasteiger partial charge on any atom is 0.339 e. The van der Waals surface area contributed by atoms with Crippen LogP contribution in [0.3, 0.4) is 0 Å². The van der Waals surface area contributed by atoms with Gasteiger partial charge in [-0.3, -0.25) is 4.79 Å². The summed E-state index contributed by atoms with van der Waals surface area (Å²) in [6.07, 6.45) is -0.711. The van der Waals surface area contributed by atoms with E-state index in [1.54, 1.807) is 31.2 Å². The summed E-state index contributed by atoms with van der Waals surface area (Å²) >= 11 is 0. The van der Waals surface area contributed by atoms with Crippen LogP contribution in [0.5, 0.6) is 5.75 Å². The second kappa shape index (κ2) is 7.64. The fourth-order valence-corrected chi connectivity index (χ4v) is 2.37. The number of hydrogen-bond donors (Lipinski definition) is 1. The van der Waals surface area contributed by atoms with Crippen LogP contribution in [0, 0.1) is 13.8 Å². The molecule has 0 spiro atoms. The number of amides is 1. The van der Waals surface area contributed by atoms with E-state index in [1.807, 2.05) is 32.0 Å². The number of nitrogens with one attached hydrogen (secondary N) is 1. The van der Waals surface area contributed by atoms with Gasteiger partial charge in [-0.15, -0.1) is 0 Å². The molecule has 126 valence electrons. The molecule has 5 heteroatoms. The van der Waals surface area contributed by atoms with Crippen LogP contribution in [0.4, 0.5) is 5.69 Å². The van der Waals surface area contributed by atoms with Gasteiger partial charge in [0.2, 0.25) is 0 Å².